The summed E-state index contributed by atoms with van der Waals surface area (Å²) in [5, 5.41) is 2.14. The van der Waals surface area contributed by atoms with E-state index in [0.29, 0.717) is 0 Å². The molecule has 3 nitrogen and oxygen atoms in total. The molecule has 3 aromatic rings. The molecule has 0 radical (unpaired) electrons. The Hall–Kier alpha value is -2.65. The second-order valence-corrected chi connectivity index (χ2v) is 5.55. The van der Waals surface area contributed by atoms with Crippen LogP contribution in [0.2, 0.25) is 0 Å². The van der Waals surface area contributed by atoms with Gasteiger partial charge in [-0.25, -0.2) is 0 Å². The first kappa shape index (κ1) is 15.3. The summed E-state index contributed by atoms with van der Waals surface area (Å²) in [5.74, 6) is -0.823. The van der Waals surface area contributed by atoms with Crippen LogP contribution in [0.3, 0.4) is 0 Å². The van der Waals surface area contributed by atoms with Gasteiger partial charge in [-0.3, -0.25) is 10.5 Å². The van der Waals surface area contributed by atoms with Crippen LogP contribution in [0.1, 0.15) is 24.0 Å². The highest BCUT2D eigenvalue weighted by Gasteiger charge is 2.26. The van der Waals surface area contributed by atoms with Gasteiger partial charge in [-0.1, -0.05) is 72.8 Å². The molecule has 0 aliphatic carbocycles. The van der Waals surface area contributed by atoms with Gasteiger partial charge in [0.2, 0.25) is 0 Å². The fraction of sp³-hybridized carbons (Fsp3) is 0.150. The lowest BCUT2D eigenvalue weighted by Crippen LogP contribution is -2.27. The van der Waals surface area contributed by atoms with Gasteiger partial charge in [0.15, 0.2) is 0 Å². The number of fused-ring (bicyclic) bond motifs is 1. The Kier molecular flexibility index (Phi) is 4.40. The van der Waals surface area contributed by atoms with Gasteiger partial charge >= 0.3 is 5.97 Å². The maximum absolute atomic E-state index is 12.7. The number of carbonyl (C=O) groups is 1. The third-order valence-electron chi connectivity index (χ3n) is 3.81. The van der Waals surface area contributed by atoms with Gasteiger partial charge in [0.1, 0.15) is 12.1 Å². The fourth-order valence-corrected chi connectivity index (χ4v) is 2.84. The van der Waals surface area contributed by atoms with Crippen molar-refractivity contribution in [1.82, 2.24) is 0 Å². The highest BCUT2D eigenvalue weighted by molar-refractivity contribution is 5.93. The molecule has 2 atom stereocenters. The minimum absolute atomic E-state index is 0.331. The van der Waals surface area contributed by atoms with E-state index in [2.05, 4.69) is 0 Å². The lowest BCUT2D eigenvalue weighted by Gasteiger charge is -2.20. The number of carbonyl (C=O) groups excluding carboxylic acids is 1. The molecule has 3 heteroatoms. The summed E-state index contributed by atoms with van der Waals surface area (Å²) in [6, 6.07) is 23.7. The summed E-state index contributed by atoms with van der Waals surface area (Å²) in [4.78, 5) is 12.7. The Balaban J connectivity index is 2.16. The Morgan fingerprint density at radius 1 is 0.913 bits per heavy atom. The quantitative estimate of drug-likeness (QED) is 0.589. The average molecular weight is 305 g/mol. The van der Waals surface area contributed by atoms with E-state index in [0.717, 1.165) is 21.9 Å². The van der Waals surface area contributed by atoms with Gasteiger partial charge in [0.25, 0.3) is 0 Å². The standard InChI is InChI=1S/C20H19NO2/c1-14(21)23-20(22)19(16-9-3-2-4-10-16)18-13-7-11-15-8-5-6-12-17(15)18/h2-14,19H,21H2,1H3. The number of esters is 1. The molecule has 0 amide bonds. The summed E-state index contributed by atoms with van der Waals surface area (Å²) in [6.45, 7) is 1.66. The van der Waals surface area contributed by atoms with E-state index in [1.54, 1.807) is 6.92 Å². The molecular weight excluding hydrogens is 286 g/mol. The van der Waals surface area contributed by atoms with Crippen molar-refractivity contribution in [3.05, 3.63) is 83.9 Å². The maximum Gasteiger partial charge on any atom is 0.319 e. The smallest absolute Gasteiger partial charge is 0.319 e. The van der Waals surface area contributed by atoms with E-state index in [1.165, 1.54) is 0 Å². The SMILES string of the molecule is CC(N)OC(=O)C(c1ccccc1)c1cccc2ccccc12. The molecule has 0 aromatic heterocycles. The van der Waals surface area contributed by atoms with Crippen molar-refractivity contribution in [2.45, 2.75) is 19.1 Å². The molecule has 0 fully saturated rings. The zero-order valence-electron chi connectivity index (χ0n) is 13.0. The van der Waals surface area contributed by atoms with Crippen molar-refractivity contribution in [3.63, 3.8) is 0 Å². The van der Waals surface area contributed by atoms with Crippen LogP contribution in [0, 0.1) is 0 Å². The molecule has 3 aromatic carbocycles. The fourth-order valence-electron chi connectivity index (χ4n) is 2.84. The van der Waals surface area contributed by atoms with E-state index >= 15 is 0 Å². The lowest BCUT2D eigenvalue weighted by atomic mass is 9.88. The van der Waals surface area contributed by atoms with Crippen LogP contribution < -0.4 is 5.73 Å². The van der Waals surface area contributed by atoms with Gasteiger partial charge in [-0.2, -0.15) is 0 Å². The van der Waals surface area contributed by atoms with Gasteiger partial charge in [0, 0.05) is 0 Å². The van der Waals surface area contributed by atoms with Crippen LogP contribution in [0.5, 0.6) is 0 Å². The van der Waals surface area contributed by atoms with Crippen LogP contribution in [-0.2, 0) is 9.53 Å². The summed E-state index contributed by atoms with van der Waals surface area (Å²) in [5.41, 5.74) is 7.49. The molecule has 23 heavy (non-hydrogen) atoms. The third kappa shape index (κ3) is 3.25. The molecule has 116 valence electrons. The molecule has 0 aliphatic heterocycles. The van der Waals surface area contributed by atoms with Crippen molar-refractivity contribution in [2.75, 3.05) is 0 Å². The molecule has 0 saturated heterocycles. The van der Waals surface area contributed by atoms with E-state index < -0.39 is 12.1 Å². The minimum atomic E-state index is -0.635. The molecule has 0 bridgehead atoms. The Morgan fingerprint density at radius 3 is 2.30 bits per heavy atom. The van der Waals surface area contributed by atoms with Gasteiger partial charge in [-0.15, -0.1) is 0 Å². The van der Waals surface area contributed by atoms with Gasteiger partial charge in [-0.05, 0) is 28.8 Å². The van der Waals surface area contributed by atoms with Crippen LogP contribution >= 0.6 is 0 Å². The number of rotatable bonds is 4. The first-order valence-electron chi connectivity index (χ1n) is 7.65. The van der Waals surface area contributed by atoms with Crippen LogP contribution in [-0.4, -0.2) is 12.2 Å². The van der Waals surface area contributed by atoms with Crippen molar-refractivity contribution in [1.29, 1.82) is 0 Å². The molecule has 0 aliphatic rings. The Morgan fingerprint density at radius 2 is 1.57 bits per heavy atom. The lowest BCUT2D eigenvalue weighted by molar-refractivity contribution is -0.148. The van der Waals surface area contributed by atoms with Crippen molar-refractivity contribution in [3.8, 4) is 0 Å². The largest absolute Gasteiger partial charge is 0.446 e. The van der Waals surface area contributed by atoms with Crippen molar-refractivity contribution in [2.24, 2.45) is 5.73 Å². The Labute approximate surface area is 135 Å². The number of ether oxygens (including phenoxy) is 1. The molecule has 3 rings (SSSR count). The molecule has 2 N–H and O–H groups in total. The summed E-state index contributed by atoms with van der Waals surface area (Å²) < 4.78 is 5.31. The van der Waals surface area contributed by atoms with Gasteiger partial charge in [0.05, 0.1) is 0 Å². The number of hydrogen-bond donors (Lipinski definition) is 1. The van der Waals surface area contributed by atoms with E-state index in [1.807, 2.05) is 72.8 Å². The summed E-state index contributed by atoms with van der Waals surface area (Å²) in [6.07, 6.45) is -0.635. The Bertz CT molecular complexity index is 807. The highest BCUT2D eigenvalue weighted by Crippen LogP contribution is 2.32. The monoisotopic (exact) mass is 305 g/mol. The number of benzene rings is 3. The van der Waals surface area contributed by atoms with Crippen molar-refractivity contribution < 1.29 is 9.53 Å². The normalized spacial score (nSPS) is 13.5. The van der Waals surface area contributed by atoms with Gasteiger partial charge < -0.3 is 4.74 Å². The molecule has 0 spiro atoms. The second kappa shape index (κ2) is 6.63. The first-order valence-corrected chi connectivity index (χ1v) is 7.65. The number of nitrogens with two attached hydrogens (primary N) is 1. The maximum atomic E-state index is 12.7. The van der Waals surface area contributed by atoms with Crippen LogP contribution in [0.25, 0.3) is 10.8 Å². The summed E-state index contributed by atoms with van der Waals surface area (Å²) in [7, 11) is 0. The van der Waals surface area contributed by atoms with Crippen LogP contribution in [0.15, 0.2) is 72.8 Å². The minimum Gasteiger partial charge on any atom is -0.446 e. The molecule has 0 saturated carbocycles. The van der Waals surface area contributed by atoms with Crippen molar-refractivity contribution >= 4 is 16.7 Å². The zero-order chi connectivity index (χ0) is 16.2. The molecule has 2 unspecified atom stereocenters. The van der Waals surface area contributed by atoms with Crippen LogP contribution in [0.4, 0.5) is 0 Å². The highest BCUT2D eigenvalue weighted by atomic mass is 16.6. The third-order valence-corrected chi connectivity index (χ3v) is 3.81. The predicted molar refractivity (Wildman–Crippen MR) is 92.0 cm³/mol. The second-order valence-electron chi connectivity index (χ2n) is 5.55. The zero-order valence-corrected chi connectivity index (χ0v) is 13.0. The molecule has 0 heterocycles. The first-order chi connectivity index (χ1) is 11.2. The summed E-state index contributed by atoms with van der Waals surface area (Å²) >= 11 is 0. The number of hydrogen-bond acceptors (Lipinski definition) is 3. The van der Waals surface area contributed by atoms with E-state index in [-0.39, 0.29) is 5.97 Å². The van der Waals surface area contributed by atoms with E-state index in [4.69, 9.17) is 10.5 Å². The molecular formula is C20H19NO2. The topological polar surface area (TPSA) is 52.3 Å². The predicted octanol–water partition coefficient (Wildman–Crippen LogP) is 3.82. The average Bonchev–Trinajstić information content (AvgIpc) is 2.56. The van der Waals surface area contributed by atoms with E-state index in [9.17, 15) is 4.79 Å².